The zero-order valence-corrected chi connectivity index (χ0v) is 15.7. The van der Waals surface area contributed by atoms with E-state index in [0.29, 0.717) is 35.6 Å². The fraction of sp³-hybridized carbons (Fsp3) is 0.316. The number of anilines is 1. The number of carbonyl (C=O) groups excluding carboxylic acids is 1. The van der Waals surface area contributed by atoms with Crippen LogP contribution in [0.1, 0.15) is 24.2 Å². The minimum absolute atomic E-state index is 0.157. The van der Waals surface area contributed by atoms with E-state index < -0.39 is 0 Å². The maximum atomic E-state index is 12.5. The Bertz CT molecular complexity index is 916. The molecule has 0 saturated heterocycles. The monoisotopic (exact) mass is 370 g/mol. The summed E-state index contributed by atoms with van der Waals surface area (Å²) in [5.74, 6) is 2.11. The van der Waals surface area contributed by atoms with E-state index in [0.717, 1.165) is 5.56 Å². The molecule has 27 heavy (non-hydrogen) atoms. The van der Waals surface area contributed by atoms with Crippen molar-refractivity contribution in [2.75, 3.05) is 19.5 Å². The zero-order chi connectivity index (χ0) is 19.4. The molecule has 3 aromatic rings. The van der Waals surface area contributed by atoms with Crippen LogP contribution in [0.4, 0.5) is 5.95 Å². The summed E-state index contributed by atoms with van der Waals surface area (Å²) in [6.07, 6.45) is 1.54. The van der Waals surface area contributed by atoms with Gasteiger partial charge in [0.25, 0.3) is 5.91 Å². The summed E-state index contributed by atoms with van der Waals surface area (Å²) in [6.45, 7) is 4.06. The Hall–Kier alpha value is -3.29. The smallest absolute Gasteiger partial charge is 0.252 e. The van der Waals surface area contributed by atoms with Gasteiger partial charge in [0, 0.05) is 12.5 Å². The fourth-order valence-electron chi connectivity index (χ4n) is 2.51. The van der Waals surface area contributed by atoms with E-state index in [1.807, 2.05) is 32.0 Å². The Balaban J connectivity index is 1.86. The molecule has 1 N–H and O–H groups in total. The molecule has 0 aliphatic heterocycles. The van der Waals surface area contributed by atoms with Crippen LogP contribution >= 0.6 is 0 Å². The summed E-state index contributed by atoms with van der Waals surface area (Å²) in [5, 5.41) is 7.47. The van der Waals surface area contributed by atoms with Gasteiger partial charge in [-0.1, -0.05) is 19.9 Å². The Labute approximate surface area is 157 Å². The summed E-state index contributed by atoms with van der Waals surface area (Å²) in [7, 11) is 3.18. The third-order valence-electron chi connectivity index (χ3n) is 3.95. The highest BCUT2D eigenvalue weighted by atomic mass is 16.5. The average Bonchev–Trinajstić information content (AvgIpc) is 3.34. The SMILES string of the molecule is COc1ccc(CNc2nc(-c3ccco3)nn2C(=O)C(C)C)cc1OC. The van der Waals surface area contributed by atoms with Crippen LogP contribution in [0, 0.1) is 5.92 Å². The van der Waals surface area contributed by atoms with Crippen LogP contribution in [0.15, 0.2) is 41.0 Å². The Morgan fingerprint density at radius 2 is 2.00 bits per heavy atom. The highest BCUT2D eigenvalue weighted by Gasteiger charge is 2.20. The predicted octanol–water partition coefficient (Wildman–Crippen LogP) is 3.46. The normalized spacial score (nSPS) is 10.9. The van der Waals surface area contributed by atoms with Crippen LogP contribution in [-0.2, 0) is 6.54 Å². The summed E-state index contributed by atoms with van der Waals surface area (Å²) in [4.78, 5) is 16.9. The van der Waals surface area contributed by atoms with Crippen LogP contribution in [-0.4, -0.2) is 34.9 Å². The van der Waals surface area contributed by atoms with E-state index in [1.165, 1.54) is 10.9 Å². The average molecular weight is 370 g/mol. The van der Waals surface area contributed by atoms with Gasteiger partial charge in [0.05, 0.1) is 20.5 Å². The standard InChI is InChI=1S/C19H22N4O4/c1-12(2)18(24)23-19(21-17(22-23)15-6-5-9-27-15)20-11-13-7-8-14(25-3)16(10-13)26-4/h5-10,12H,11H2,1-4H3,(H,20,21,22). The van der Waals surface area contributed by atoms with Crippen LogP contribution in [0.5, 0.6) is 11.5 Å². The van der Waals surface area contributed by atoms with Crippen LogP contribution < -0.4 is 14.8 Å². The number of furan rings is 1. The molecule has 0 aliphatic carbocycles. The zero-order valence-electron chi connectivity index (χ0n) is 15.7. The second-order valence-electron chi connectivity index (χ2n) is 6.18. The summed E-state index contributed by atoms with van der Waals surface area (Å²) in [5.41, 5.74) is 0.943. The first-order valence-corrected chi connectivity index (χ1v) is 8.53. The summed E-state index contributed by atoms with van der Waals surface area (Å²) in [6, 6.07) is 9.10. The molecule has 0 unspecified atom stereocenters. The molecule has 3 rings (SSSR count). The van der Waals surface area contributed by atoms with Crippen LogP contribution in [0.25, 0.3) is 11.6 Å². The quantitative estimate of drug-likeness (QED) is 0.681. The van der Waals surface area contributed by atoms with E-state index >= 15 is 0 Å². The van der Waals surface area contributed by atoms with Gasteiger partial charge >= 0.3 is 0 Å². The van der Waals surface area contributed by atoms with Crippen LogP contribution in [0.3, 0.4) is 0 Å². The fourth-order valence-corrected chi connectivity index (χ4v) is 2.51. The third kappa shape index (κ3) is 3.94. The molecule has 0 atom stereocenters. The maximum Gasteiger partial charge on any atom is 0.252 e. The Kier molecular flexibility index (Phi) is 5.44. The molecule has 0 saturated carbocycles. The number of carbonyl (C=O) groups is 1. The number of rotatable bonds is 7. The number of benzene rings is 1. The first-order chi connectivity index (χ1) is 13.0. The second-order valence-corrected chi connectivity index (χ2v) is 6.18. The molecular formula is C19H22N4O4. The van der Waals surface area contributed by atoms with Gasteiger partial charge in [-0.05, 0) is 29.8 Å². The lowest BCUT2D eigenvalue weighted by atomic mass is 10.2. The molecule has 0 radical (unpaired) electrons. The van der Waals surface area contributed by atoms with Crippen molar-refractivity contribution >= 4 is 11.9 Å². The molecule has 8 nitrogen and oxygen atoms in total. The lowest BCUT2D eigenvalue weighted by Gasteiger charge is -2.11. The number of methoxy groups -OCH3 is 2. The van der Waals surface area contributed by atoms with E-state index in [9.17, 15) is 4.79 Å². The van der Waals surface area contributed by atoms with Gasteiger partial charge in [0.2, 0.25) is 11.8 Å². The number of nitrogens with one attached hydrogen (secondary N) is 1. The molecule has 0 bridgehead atoms. The van der Waals surface area contributed by atoms with E-state index in [2.05, 4.69) is 15.4 Å². The van der Waals surface area contributed by atoms with Crippen molar-refractivity contribution in [3.8, 4) is 23.1 Å². The number of hydrogen-bond donors (Lipinski definition) is 1. The number of nitrogens with zero attached hydrogens (tertiary/aromatic N) is 3. The molecule has 0 aliphatic rings. The molecule has 0 fully saturated rings. The lowest BCUT2D eigenvalue weighted by molar-refractivity contribution is 0.0841. The van der Waals surface area contributed by atoms with Gasteiger partial charge in [0.15, 0.2) is 17.3 Å². The summed E-state index contributed by atoms with van der Waals surface area (Å²) < 4.78 is 17.2. The van der Waals surface area contributed by atoms with Gasteiger partial charge in [-0.25, -0.2) is 0 Å². The third-order valence-corrected chi connectivity index (χ3v) is 3.95. The Morgan fingerprint density at radius 1 is 1.22 bits per heavy atom. The van der Waals surface area contributed by atoms with Crippen molar-refractivity contribution in [1.29, 1.82) is 0 Å². The van der Waals surface area contributed by atoms with E-state index in [-0.39, 0.29) is 11.8 Å². The molecule has 2 aromatic heterocycles. The molecule has 142 valence electrons. The van der Waals surface area contributed by atoms with Gasteiger partial charge in [-0.15, -0.1) is 5.10 Å². The minimum atomic E-state index is -0.224. The van der Waals surface area contributed by atoms with Crippen molar-refractivity contribution in [2.45, 2.75) is 20.4 Å². The van der Waals surface area contributed by atoms with Crippen LogP contribution in [0.2, 0.25) is 0 Å². The molecular weight excluding hydrogens is 348 g/mol. The minimum Gasteiger partial charge on any atom is -0.493 e. The van der Waals surface area contributed by atoms with Crippen molar-refractivity contribution in [1.82, 2.24) is 14.8 Å². The van der Waals surface area contributed by atoms with Gasteiger partial charge in [-0.2, -0.15) is 9.67 Å². The molecule has 1 aromatic carbocycles. The largest absolute Gasteiger partial charge is 0.493 e. The highest BCUT2D eigenvalue weighted by molar-refractivity contribution is 5.82. The summed E-state index contributed by atoms with van der Waals surface area (Å²) >= 11 is 0. The van der Waals surface area contributed by atoms with E-state index in [1.54, 1.807) is 26.4 Å². The number of aromatic nitrogens is 3. The lowest BCUT2D eigenvalue weighted by Crippen LogP contribution is -2.21. The van der Waals surface area contributed by atoms with E-state index in [4.69, 9.17) is 13.9 Å². The first kappa shape index (κ1) is 18.5. The number of ether oxygens (including phenoxy) is 2. The van der Waals surface area contributed by atoms with Gasteiger partial charge in [-0.3, -0.25) is 4.79 Å². The van der Waals surface area contributed by atoms with Crippen molar-refractivity contribution < 1.29 is 18.7 Å². The predicted molar refractivity (Wildman–Crippen MR) is 100 cm³/mol. The van der Waals surface area contributed by atoms with Gasteiger partial charge in [0.1, 0.15) is 0 Å². The highest BCUT2D eigenvalue weighted by Crippen LogP contribution is 2.28. The topological polar surface area (TPSA) is 91.4 Å². The molecule has 8 heteroatoms. The van der Waals surface area contributed by atoms with Gasteiger partial charge < -0.3 is 19.2 Å². The molecule has 0 amide bonds. The number of hydrogen-bond acceptors (Lipinski definition) is 7. The maximum absolute atomic E-state index is 12.5. The first-order valence-electron chi connectivity index (χ1n) is 8.53. The van der Waals surface area contributed by atoms with Crippen molar-refractivity contribution in [2.24, 2.45) is 5.92 Å². The van der Waals surface area contributed by atoms with Crippen molar-refractivity contribution in [3.05, 3.63) is 42.2 Å². The molecule has 2 heterocycles. The molecule has 0 spiro atoms. The second kappa shape index (κ2) is 7.94. The Morgan fingerprint density at radius 3 is 2.63 bits per heavy atom. The van der Waals surface area contributed by atoms with Crippen molar-refractivity contribution in [3.63, 3.8) is 0 Å².